The third kappa shape index (κ3) is 4.71. The third-order valence-corrected chi connectivity index (χ3v) is 10.8. The molecule has 3 saturated carbocycles. The largest absolute Gasteiger partial charge is 0.414 e. The molecule has 3 aliphatic rings. The molecule has 0 spiro atoms. The van der Waals surface area contributed by atoms with Gasteiger partial charge in [-0.05, 0) is 104 Å². The second-order valence-corrected chi connectivity index (χ2v) is 12.0. The minimum absolute atomic E-state index is 0.152. The first kappa shape index (κ1) is 25.4. The summed E-state index contributed by atoms with van der Waals surface area (Å²) in [6, 6.07) is 0. The first-order valence-corrected chi connectivity index (χ1v) is 13.2. The minimum atomic E-state index is -4.49. The number of unbranched alkanes of at least 4 members (excludes halogenated alkanes) is 1. The SMILES string of the molecule is CCCC[C@H]1CCC2[C@H](CC[C@]3(C)[C@@H]([C@H](C)CC[C@H](O)C(F)(F)F)CC[C@@H]23)[C@@]1(C)CC. The Hall–Kier alpha value is -0.250. The van der Waals surface area contributed by atoms with Gasteiger partial charge in [-0.25, -0.2) is 0 Å². The summed E-state index contributed by atoms with van der Waals surface area (Å²) in [7, 11) is 0. The van der Waals surface area contributed by atoms with Crippen molar-refractivity contribution in [2.75, 3.05) is 0 Å². The van der Waals surface area contributed by atoms with E-state index in [2.05, 4.69) is 34.6 Å². The van der Waals surface area contributed by atoms with Crippen LogP contribution in [0.1, 0.15) is 112 Å². The summed E-state index contributed by atoms with van der Waals surface area (Å²) >= 11 is 0. The van der Waals surface area contributed by atoms with Gasteiger partial charge in [-0.1, -0.05) is 53.9 Å². The summed E-state index contributed by atoms with van der Waals surface area (Å²) in [4.78, 5) is 0. The lowest BCUT2D eigenvalue weighted by Crippen LogP contribution is -2.52. The van der Waals surface area contributed by atoms with Crippen LogP contribution in [-0.4, -0.2) is 17.4 Å². The van der Waals surface area contributed by atoms with Gasteiger partial charge in [0.15, 0.2) is 0 Å². The molecular formula is C27H47F3O. The van der Waals surface area contributed by atoms with Crippen LogP contribution in [0.25, 0.3) is 0 Å². The van der Waals surface area contributed by atoms with Crippen LogP contribution in [0, 0.1) is 46.3 Å². The highest BCUT2D eigenvalue weighted by atomic mass is 19.4. The minimum Gasteiger partial charge on any atom is -0.384 e. The van der Waals surface area contributed by atoms with E-state index in [4.69, 9.17) is 0 Å². The fourth-order valence-electron chi connectivity index (χ4n) is 8.77. The normalized spacial score (nSPS) is 42.7. The fraction of sp³-hybridized carbons (Fsp3) is 1.00. The maximum Gasteiger partial charge on any atom is 0.414 e. The summed E-state index contributed by atoms with van der Waals surface area (Å²) in [5.74, 6) is 3.99. The predicted molar refractivity (Wildman–Crippen MR) is 122 cm³/mol. The van der Waals surface area contributed by atoms with E-state index in [1.807, 2.05) is 0 Å². The van der Waals surface area contributed by atoms with Gasteiger partial charge in [-0.15, -0.1) is 0 Å². The third-order valence-electron chi connectivity index (χ3n) is 10.8. The van der Waals surface area contributed by atoms with Gasteiger partial charge >= 0.3 is 6.18 Å². The van der Waals surface area contributed by atoms with E-state index in [9.17, 15) is 18.3 Å². The second-order valence-electron chi connectivity index (χ2n) is 12.0. The molecule has 0 radical (unpaired) electrons. The maximum atomic E-state index is 12.8. The van der Waals surface area contributed by atoms with Crippen LogP contribution < -0.4 is 0 Å². The number of hydrogen-bond acceptors (Lipinski definition) is 1. The van der Waals surface area contributed by atoms with Crippen LogP contribution in [0.5, 0.6) is 0 Å². The molecule has 31 heavy (non-hydrogen) atoms. The number of fused-ring (bicyclic) bond motifs is 3. The lowest BCUT2D eigenvalue weighted by atomic mass is 9.45. The summed E-state index contributed by atoms with van der Waals surface area (Å²) in [6.45, 7) is 11.9. The van der Waals surface area contributed by atoms with Crippen molar-refractivity contribution in [2.24, 2.45) is 46.3 Å². The topological polar surface area (TPSA) is 20.2 Å². The summed E-state index contributed by atoms with van der Waals surface area (Å²) in [5.41, 5.74) is 0.731. The second kappa shape index (κ2) is 9.55. The van der Waals surface area contributed by atoms with Crippen LogP contribution in [-0.2, 0) is 0 Å². The Morgan fingerprint density at radius 1 is 0.968 bits per heavy atom. The lowest BCUT2D eigenvalue weighted by molar-refractivity contribution is -0.206. The van der Waals surface area contributed by atoms with Gasteiger partial charge in [0.1, 0.15) is 6.10 Å². The molecule has 1 unspecified atom stereocenters. The first-order valence-electron chi connectivity index (χ1n) is 13.2. The molecule has 0 bridgehead atoms. The molecule has 1 nitrogen and oxygen atoms in total. The average Bonchev–Trinajstić information content (AvgIpc) is 3.07. The molecule has 182 valence electrons. The average molecular weight is 445 g/mol. The van der Waals surface area contributed by atoms with Crippen molar-refractivity contribution in [2.45, 2.75) is 124 Å². The number of halogens is 3. The molecule has 3 aliphatic carbocycles. The van der Waals surface area contributed by atoms with Gasteiger partial charge in [-0.3, -0.25) is 0 Å². The zero-order valence-corrected chi connectivity index (χ0v) is 20.6. The van der Waals surface area contributed by atoms with Gasteiger partial charge in [0.05, 0.1) is 0 Å². The quantitative estimate of drug-likeness (QED) is 0.398. The van der Waals surface area contributed by atoms with Gasteiger partial charge in [0.25, 0.3) is 0 Å². The molecule has 0 aromatic rings. The maximum absolute atomic E-state index is 12.8. The smallest absolute Gasteiger partial charge is 0.384 e. The molecule has 0 saturated heterocycles. The highest BCUT2D eigenvalue weighted by Crippen LogP contribution is 2.67. The lowest BCUT2D eigenvalue weighted by Gasteiger charge is -2.59. The van der Waals surface area contributed by atoms with Crippen LogP contribution in [0.4, 0.5) is 13.2 Å². The van der Waals surface area contributed by atoms with Crippen LogP contribution in [0.3, 0.4) is 0 Å². The molecule has 0 aromatic heterocycles. The van der Waals surface area contributed by atoms with Crippen molar-refractivity contribution in [1.82, 2.24) is 0 Å². The van der Waals surface area contributed by atoms with Crippen LogP contribution in [0.15, 0.2) is 0 Å². The Morgan fingerprint density at radius 2 is 1.68 bits per heavy atom. The Balaban J connectivity index is 1.70. The zero-order chi connectivity index (χ0) is 23.0. The standard InChI is InChI=1S/C27H47F3O/c1-6-8-9-19-11-12-20-22-14-13-21(18(3)10-15-24(31)27(28,29)30)26(22,5)17-16-23(20)25(19,4)7-2/h18-24,31H,6-17H2,1-5H3/t18-,19+,20?,21-,22+,23+,24+,25+,26-/m1/s1. The molecule has 1 N–H and O–H groups in total. The van der Waals surface area contributed by atoms with E-state index in [1.54, 1.807) is 0 Å². The highest BCUT2D eigenvalue weighted by Gasteiger charge is 2.59. The van der Waals surface area contributed by atoms with Gasteiger partial charge in [-0.2, -0.15) is 13.2 Å². The van der Waals surface area contributed by atoms with Crippen LogP contribution in [0.2, 0.25) is 0 Å². The van der Waals surface area contributed by atoms with Gasteiger partial charge in [0.2, 0.25) is 0 Å². The molecule has 3 rings (SSSR count). The summed E-state index contributed by atoms with van der Waals surface area (Å²) < 4.78 is 38.3. The number of rotatable bonds is 8. The summed E-state index contributed by atoms with van der Waals surface area (Å²) in [6.07, 6.45) is 6.67. The highest BCUT2D eigenvalue weighted by molar-refractivity contribution is 5.08. The molecule has 4 heteroatoms. The molecular weight excluding hydrogens is 397 g/mol. The Morgan fingerprint density at radius 3 is 2.29 bits per heavy atom. The fourth-order valence-corrected chi connectivity index (χ4v) is 8.77. The predicted octanol–water partition coefficient (Wildman–Crippen LogP) is 8.40. The zero-order valence-electron chi connectivity index (χ0n) is 20.6. The number of aliphatic hydroxyl groups excluding tert-OH is 1. The summed E-state index contributed by atoms with van der Waals surface area (Å²) in [5, 5.41) is 9.47. The van der Waals surface area contributed by atoms with Crippen molar-refractivity contribution in [1.29, 1.82) is 0 Å². The number of hydrogen-bond donors (Lipinski definition) is 1. The Bertz CT molecular complexity index is 590. The number of alkyl halides is 3. The molecule has 9 atom stereocenters. The Kier molecular flexibility index (Phi) is 7.81. The van der Waals surface area contributed by atoms with Crippen molar-refractivity contribution < 1.29 is 18.3 Å². The van der Waals surface area contributed by atoms with Crippen LogP contribution >= 0.6 is 0 Å². The van der Waals surface area contributed by atoms with Crippen molar-refractivity contribution in [3.8, 4) is 0 Å². The molecule has 0 aromatic carbocycles. The molecule has 0 heterocycles. The van der Waals surface area contributed by atoms with Crippen molar-refractivity contribution in [3.63, 3.8) is 0 Å². The molecule has 0 aliphatic heterocycles. The van der Waals surface area contributed by atoms with Crippen molar-refractivity contribution >= 4 is 0 Å². The number of aliphatic hydroxyl groups is 1. The first-order chi connectivity index (χ1) is 14.5. The van der Waals surface area contributed by atoms with E-state index in [0.29, 0.717) is 17.8 Å². The Labute approximate surface area is 189 Å². The van der Waals surface area contributed by atoms with E-state index in [-0.39, 0.29) is 17.8 Å². The van der Waals surface area contributed by atoms with E-state index in [0.717, 1.165) is 30.1 Å². The molecule has 3 fully saturated rings. The van der Waals surface area contributed by atoms with E-state index in [1.165, 1.54) is 57.8 Å². The van der Waals surface area contributed by atoms with Gasteiger partial charge < -0.3 is 5.11 Å². The molecule has 0 amide bonds. The van der Waals surface area contributed by atoms with Crippen molar-refractivity contribution in [3.05, 3.63) is 0 Å². The van der Waals surface area contributed by atoms with E-state index >= 15 is 0 Å². The monoisotopic (exact) mass is 444 g/mol. The van der Waals surface area contributed by atoms with Gasteiger partial charge in [0, 0.05) is 0 Å². The van der Waals surface area contributed by atoms with E-state index < -0.39 is 12.3 Å².